The van der Waals surface area contributed by atoms with Gasteiger partial charge in [-0.15, -0.1) is 0 Å². The van der Waals surface area contributed by atoms with Crippen molar-refractivity contribution in [1.29, 1.82) is 0 Å². The molecule has 0 saturated heterocycles. The molecule has 0 amide bonds. The third kappa shape index (κ3) is 2.62. The summed E-state index contributed by atoms with van der Waals surface area (Å²) in [5.74, 6) is 0.667. The minimum absolute atomic E-state index is 0.575. The van der Waals surface area contributed by atoms with Gasteiger partial charge in [0.05, 0.1) is 6.21 Å². The third-order valence-corrected chi connectivity index (χ3v) is 2.63. The van der Waals surface area contributed by atoms with Crippen LogP contribution in [0.4, 0.5) is 0 Å². The lowest BCUT2D eigenvalue weighted by atomic mass is 10.0. The molecule has 0 aliphatic heterocycles. The molecule has 98 valence electrons. The number of hydrogen-bond donors (Lipinski definition) is 1. The number of aromatic nitrogens is 2. The van der Waals surface area contributed by atoms with E-state index in [1.807, 2.05) is 42.1 Å². The van der Waals surface area contributed by atoms with E-state index in [9.17, 15) is 0 Å². The minimum Gasteiger partial charge on any atom is -0.411 e. The Morgan fingerprint density at radius 2 is 2.21 bits per heavy atom. The van der Waals surface area contributed by atoms with E-state index in [-0.39, 0.29) is 0 Å². The highest BCUT2D eigenvalue weighted by atomic mass is 16.6. The normalized spacial score (nSPS) is 12.0. The Bertz CT molecular complexity index is 617. The maximum absolute atomic E-state index is 8.72. The van der Waals surface area contributed by atoms with E-state index in [1.165, 1.54) is 13.3 Å². The van der Waals surface area contributed by atoms with Crippen molar-refractivity contribution < 1.29 is 10.0 Å². The number of oxime groups is 2. The zero-order valence-electron chi connectivity index (χ0n) is 10.7. The van der Waals surface area contributed by atoms with Gasteiger partial charge in [-0.25, -0.2) is 4.98 Å². The third-order valence-electron chi connectivity index (χ3n) is 2.63. The molecule has 0 aliphatic carbocycles. The standard InChI is InChI=1S/C13H14N4O2/c1-17-8-7-14-13(17)12(16-19-2)11-6-4-3-5-10(11)9-15-18/h3-9,18H,1-2H3. The number of benzene rings is 1. The maximum atomic E-state index is 8.72. The van der Waals surface area contributed by atoms with Gasteiger partial charge in [-0.05, 0) is 0 Å². The molecule has 1 aromatic carbocycles. The highest BCUT2D eigenvalue weighted by Crippen LogP contribution is 2.13. The first-order valence-corrected chi connectivity index (χ1v) is 5.63. The largest absolute Gasteiger partial charge is 0.411 e. The van der Waals surface area contributed by atoms with Crippen molar-refractivity contribution in [2.75, 3.05) is 7.11 Å². The van der Waals surface area contributed by atoms with Gasteiger partial charge in [0, 0.05) is 30.6 Å². The van der Waals surface area contributed by atoms with Crippen LogP contribution in [-0.4, -0.2) is 33.8 Å². The highest BCUT2D eigenvalue weighted by Gasteiger charge is 2.15. The van der Waals surface area contributed by atoms with Gasteiger partial charge in [0.15, 0.2) is 11.5 Å². The van der Waals surface area contributed by atoms with Crippen LogP contribution in [-0.2, 0) is 11.9 Å². The second-order valence-electron chi connectivity index (χ2n) is 3.82. The number of imidazole rings is 1. The molecular formula is C13H14N4O2. The Morgan fingerprint density at radius 3 is 2.84 bits per heavy atom. The van der Waals surface area contributed by atoms with Crippen molar-refractivity contribution in [3.05, 3.63) is 53.6 Å². The van der Waals surface area contributed by atoms with Gasteiger partial charge >= 0.3 is 0 Å². The topological polar surface area (TPSA) is 72.0 Å². The molecule has 0 saturated carbocycles. The Balaban J connectivity index is 2.59. The summed E-state index contributed by atoms with van der Waals surface area (Å²) in [6, 6.07) is 7.41. The van der Waals surface area contributed by atoms with Gasteiger partial charge in [-0.2, -0.15) is 0 Å². The van der Waals surface area contributed by atoms with Gasteiger partial charge in [0.1, 0.15) is 7.11 Å². The maximum Gasteiger partial charge on any atom is 0.162 e. The van der Waals surface area contributed by atoms with Crippen LogP contribution in [0, 0.1) is 0 Å². The molecule has 0 atom stereocenters. The van der Waals surface area contributed by atoms with E-state index < -0.39 is 0 Å². The second-order valence-corrected chi connectivity index (χ2v) is 3.82. The summed E-state index contributed by atoms with van der Waals surface area (Å²) in [5.41, 5.74) is 2.07. The number of aryl methyl sites for hydroxylation is 1. The first-order valence-electron chi connectivity index (χ1n) is 5.63. The number of rotatable bonds is 4. The van der Waals surface area contributed by atoms with Crippen molar-refractivity contribution in [2.24, 2.45) is 17.4 Å². The van der Waals surface area contributed by atoms with E-state index in [2.05, 4.69) is 15.3 Å². The molecule has 2 rings (SSSR count). The summed E-state index contributed by atoms with van der Waals surface area (Å²) in [5, 5.41) is 15.8. The molecule has 0 unspecified atom stereocenters. The summed E-state index contributed by atoms with van der Waals surface area (Å²) in [7, 11) is 3.35. The molecule has 0 fully saturated rings. The van der Waals surface area contributed by atoms with Gasteiger partial charge in [-0.1, -0.05) is 34.6 Å². The van der Waals surface area contributed by atoms with Gasteiger partial charge in [-0.3, -0.25) is 0 Å². The van der Waals surface area contributed by atoms with Crippen molar-refractivity contribution in [2.45, 2.75) is 0 Å². The van der Waals surface area contributed by atoms with Crippen LogP contribution in [0.5, 0.6) is 0 Å². The van der Waals surface area contributed by atoms with Crippen LogP contribution in [0.3, 0.4) is 0 Å². The van der Waals surface area contributed by atoms with Crippen molar-refractivity contribution in [3.8, 4) is 0 Å². The second kappa shape index (κ2) is 5.81. The van der Waals surface area contributed by atoms with Crippen LogP contribution in [0.15, 0.2) is 47.0 Å². The van der Waals surface area contributed by atoms with Crippen molar-refractivity contribution in [3.63, 3.8) is 0 Å². The van der Waals surface area contributed by atoms with Crippen LogP contribution in [0.25, 0.3) is 0 Å². The fourth-order valence-electron chi connectivity index (χ4n) is 1.78. The van der Waals surface area contributed by atoms with Crippen LogP contribution < -0.4 is 0 Å². The Labute approximate surface area is 110 Å². The lowest BCUT2D eigenvalue weighted by Crippen LogP contribution is -2.13. The Hall–Kier alpha value is -2.63. The molecule has 6 heteroatoms. The predicted octanol–water partition coefficient (Wildman–Crippen LogP) is 1.63. The fraction of sp³-hybridized carbons (Fsp3) is 0.154. The summed E-state index contributed by atoms with van der Waals surface area (Å²) >= 11 is 0. The van der Waals surface area contributed by atoms with Gasteiger partial charge < -0.3 is 14.6 Å². The minimum atomic E-state index is 0.575. The average Bonchev–Trinajstić information content (AvgIpc) is 2.84. The quantitative estimate of drug-likeness (QED) is 0.514. The van der Waals surface area contributed by atoms with E-state index >= 15 is 0 Å². The molecule has 0 bridgehead atoms. The molecule has 19 heavy (non-hydrogen) atoms. The smallest absolute Gasteiger partial charge is 0.162 e. The zero-order valence-corrected chi connectivity index (χ0v) is 10.7. The molecule has 0 aliphatic rings. The Morgan fingerprint density at radius 1 is 1.42 bits per heavy atom. The summed E-state index contributed by atoms with van der Waals surface area (Å²) in [6.45, 7) is 0. The number of nitrogens with zero attached hydrogens (tertiary/aromatic N) is 4. The monoisotopic (exact) mass is 258 g/mol. The van der Waals surface area contributed by atoms with E-state index in [0.717, 1.165) is 11.1 Å². The van der Waals surface area contributed by atoms with Crippen LogP contribution in [0.1, 0.15) is 17.0 Å². The lowest BCUT2D eigenvalue weighted by molar-refractivity contribution is 0.213. The molecule has 0 spiro atoms. The molecule has 0 radical (unpaired) electrons. The van der Waals surface area contributed by atoms with Gasteiger partial charge in [0.2, 0.25) is 0 Å². The highest BCUT2D eigenvalue weighted by molar-refractivity contribution is 6.14. The van der Waals surface area contributed by atoms with Crippen molar-refractivity contribution >= 4 is 11.9 Å². The van der Waals surface area contributed by atoms with Crippen LogP contribution >= 0.6 is 0 Å². The first kappa shape index (κ1) is 12.8. The molecular weight excluding hydrogens is 244 g/mol. The SMILES string of the molecule is CON=C(c1ccccc1C=NO)c1nccn1C. The zero-order chi connectivity index (χ0) is 13.7. The summed E-state index contributed by atoms with van der Waals surface area (Å²) in [6.07, 6.45) is 4.86. The lowest BCUT2D eigenvalue weighted by Gasteiger charge is -2.08. The van der Waals surface area contributed by atoms with E-state index in [0.29, 0.717) is 11.5 Å². The fourth-order valence-corrected chi connectivity index (χ4v) is 1.78. The predicted molar refractivity (Wildman–Crippen MR) is 71.7 cm³/mol. The Kier molecular flexibility index (Phi) is 3.92. The first-order chi connectivity index (χ1) is 9.27. The number of hydrogen-bond acceptors (Lipinski definition) is 5. The summed E-state index contributed by atoms with van der Waals surface area (Å²) < 4.78 is 1.84. The molecule has 1 heterocycles. The molecule has 2 aromatic rings. The van der Waals surface area contributed by atoms with Crippen molar-refractivity contribution in [1.82, 2.24) is 9.55 Å². The average molecular weight is 258 g/mol. The van der Waals surface area contributed by atoms with E-state index in [4.69, 9.17) is 10.0 Å². The molecule has 6 nitrogen and oxygen atoms in total. The summed E-state index contributed by atoms with van der Waals surface area (Å²) in [4.78, 5) is 9.16. The van der Waals surface area contributed by atoms with E-state index in [1.54, 1.807) is 6.20 Å². The molecule has 1 N–H and O–H groups in total. The van der Waals surface area contributed by atoms with Crippen LogP contribution in [0.2, 0.25) is 0 Å². The molecule has 1 aromatic heterocycles. The van der Waals surface area contributed by atoms with Gasteiger partial charge in [0.25, 0.3) is 0 Å².